The molecule has 0 radical (unpaired) electrons. The number of ether oxygens (including phenoxy) is 1. The van der Waals surface area contributed by atoms with Crippen molar-refractivity contribution in [3.05, 3.63) is 101 Å². The van der Waals surface area contributed by atoms with Crippen LogP contribution in [0.15, 0.2) is 78.4 Å². The van der Waals surface area contributed by atoms with Gasteiger partial charge in [-0.1, -0.05) is 18.2 Å². The lowest BCUT2D eigenvalue weighted by Crippen LogP contribution is -2.29. The van der Waals surface area contributed by atoms with Crippen LogP contribution in [-0.4, -0.2) is 23.4 Å². The fourth-order valence-electron chi connectivity index (χ4n) is 3.82. The monoisotopic (exact) mass is 442 g/mol. The van der Waals surface area contributed by atoms with Gasteiger partial charge in [-0.05, 0) is 61.5 Å². The number of nitrogens with zero attached hydrogens (tertiary/aromatic N) is 2. The predicted molar refractivity (Wildman–Crippen MR) is 120 cm³/mol. The number of aliphatic hydroxyl groups excluding tert-OH is 1. The van der Waals surface area contributed by atoms with Crippen LogP contribution in [0.2, 0.25) is 0 Å². The summed E-state index contributed by atoms with van der Waals surface area (Å²) >= 11 is 0. The second-order valence-corrected chi connectivity index (χ2v) is 7.31. The molecule has 1 heterocycles. The molecule has 1 amide bonds. The quantitative estimate of drug-likeness (QED) is 0.351. The van der Waals surface area contributed by atoms with E-state index in [4.69, 9.17) is 10.00 Å². The van der Waals surface area contributed by atoms with Gasteiger partial charge >= 0.3 is 0 Å². The SMILES string of the molecule is CCOc1ccc(/C(O)=C2/C(=O)C(=O)N(c3ccc(C#N)cc3)C2c2ccccc2F)cc1. The molecule has 1 aliphatic heterocycles. The maximum absolute atomic E-state index is 14.9. The van der Waals surface area contributed by atoms with Crippen LogP contribution in [0.1, 0.15) is 29.7 Å². The molecule has 3 aromatic carbocycles. The Morgan fingerprint density at radius 3 is 2.33 bits per heavy atom. The summed E-state index contributed by atoms with van der Waals surface area (Å²) < 4.78 is 20.3. The van der Waals surface area contributed by atoms with E-state index in [9.17, 15) is 19.1 Å². The Bertz CT molecular complexity index is 1290. The van der Waals surface area contributed by atoms with E-state index >= 15 is 0 Å². The smallest absolute Gasteiger partial charge is 0.300 e. The summed E-state index contributed by atoms with van der Waals surface area (Å²) in [5, 5.41) is 20.1. The average molecular weight is 442 g/mol. The van der Waals surface area contributed by atoms with E-state index in [1.807, 2.05) is 13.0 Å². The minimum atomic E-state index is -1.19. The molecule has 1 atom stereocenters. The van der Waals surface area contributed by atoms with E-state index in [0.717, 1.165) is 4.90 Å². The van der Waals surface area contributed by atoms with Gasteiger partial charge in [0.05, 0.1) is 29.9 Å². The van der Waals surface area contributed by atoms with Crippen molar-refractivity contribution in [2.75, 3.05) is 11.5 Å². The molecule has 1 unspecified atom stereocenters. The summed E-state index contributed by atoms with van der Waals surface area (Å²) in [4.78, 5) is 27.3. The van der Waals surface area contributed by atoms with E-state index in [2.05, 4.69) is 0 Å². The lowest BCUT2D eigenvalue weighted by Gasteiger charge is -2.25. The van der Waals surface area contributed by atoms with Crippen LogP contribution in [0.4, 0.5) is 10.1 Å². The van der Waals surface area contributed by atoms with E-state index in [1.165, 1.54) is 42.5 Å². The van der Waals surface area contributed by atoms with Gasteiger partial charge in [-0.25, -0.2) is 4.39 Å². The minimum Gasteiger partial charge on any atom is -0.507 e. The molecule has 0 aromatic heterocycles. The molecule has 6 nitrogen and oxygen atoms in total. The van der Waals surface area contributed by atoms with Crippen LogP contribution in [-0.2, 0) is 9.59 Å². The molecule has 7 heteroatoms. The number of Topliss-reactive ketones (excluding diaryl/α,β-unsaturated/α-hetero) is 1. The summed E-state index contributed by atoms with van der Waals surface area (Å²) in [6, 6.07) is 19.0. The maximum atomic E-state index is 14.9. The molecule has 0 aliphatic carbocycles. The Morgan fingerprint density at radius 2 is 1.73 bits per heavy atom. The van der Waals surface area contributed by atoms with Gasteiger partial charge in [0.15, 0.2) is 0 Å². The fourth-order valence-corrected chi connectivity index (χ4v) is 3.82. The van der Waals surface area contributed by atoms with Gasteiger partial charge in [-0.15, -0.1) is 0 Å². The Hall–Kier alpha value is -4.44. The number of carbonyl (C=O) groups excluding carboxylic acids is 2. The van der Waals surface area contributed by atoms with Crippen molar-refractivity contribution in [2.24, 2.45) is 0 Å². The first-order valence-electron chi connectivity index (χ1n) is 10.2. The number of benzene rings is 3. The number of rotatable bonds is 5. The molecule has 1 fully saturated rings. The number of amides is 1. The highest BCUT2D eigenvalue weighted by Crippen LogP contribution is 2.43. The first-order valence-corrected chi connectivity index (χ1v) is 10.2. The average Bonchev–Trinajstić information content (AvgIpc) is 3.10. The number of hydrogen-bond donors (Lipinski definition) is 1. The molecule has 0 saturated carbocycles. The van der Waals surface area contributed by atoms with Gasteiger partial charge in [0.1, 0.15) is 17.3 Å². The van der Waals surface area contributed by atoms with Crippen molar-refractivity contribution >= 4 is 23.1 Å². The van der Waals surface area contributed by atoms with Crippen molar-refractivity contribution in [3.63, 3.8) is 0 Å². The van der Waals surface area contributed by atoms with Crippen LogP contribution < -0.4 is 9.64 Å². The topological polar surface area (TPSA) is 90.6 Å². The van der Waals surface area contributed by atoms with Crippen molar-refractivity contribution in [3.8, 4) is 11.8 Å². The van der Waals surface area contributed by atoms with Crippen molar-refractivity contribution in [2.45, 2.75) is 13.0 Å². The lowest BCUT2D eigenvalue weighted by atomic mass is 9.94. The number of anilines is 1. The Morgan fingerprint density at radius 1 is 1.06 bits per heavy atom. The molecular weight excluding hydrogens is 423 g/mol. The number of halogens is 1. The highest BCUT2D eigenvalue weighted by atomic mass is 19.1. The zero-order chi connectivity index (χ0) is 23.5. The van der Waals surface area contributed by atoms with Gasteiger partial charge in [-0.2, -0.15) is 5.26 Å². The zero-order valence-corrected chi connectivity index (χ0v) is 17.7. The van der Waals surface area contributed by atoms with Crippen molar-refractivity contribution in [1.29, 1.82) is 5.26 Å². The van der Waals surface area contributed by atoms with Gasteiger partial charge in [0, 0.05) is 16.8 Å². The summed E-state index contributed by atoms with van der Waals surface area (Å²) in [5.74, 6) is -2.29. The highest BCUT2D eigenvalue weighted by Gasteiger charge is 2.47. The van der Waals surface area contributed by atoms with Crippen LogP contribution >= 0.6 is 0 Å². The van der Waals surface area contributed by atoms with E-state index in [0.29, 0.717) is 23.6 Å². The van der Waals surface area contributed by atoms with Gasteiger partial charge in [-0.3, -0.25) is 14.5 Å². The van der Waals surface area contributed by atoms with Crippen LogP contribution in [0, 0.1) is 17.1 Å². The molecule has 3 aromatic rings. The predicted octanol–water partition coefficient (Wildman–Crippen LogP) is 4.72. The Kier molecular flexibility index (Phi) is 5.92. The van der Waals surface area contributed by atoms with E-state index in [-0.39, 0.29) is 16.7 Å². The second kappa shape index (κ2) is 8.97. The van der Waals surface area contributed by atoms with Gasteiger partial charge in [0.2, 0.25) is 0 Å². The van der Waals surface area contributed by atoms with Gasteiger partial charge < -0.3 is 9.84 Å². The number of aliphatic hydroxyl groups is 1. The van der Waals surface area contributed by atoms with E-state index in [1.54, 1.807) is 30.3 Å². The number of hydrogen-bond acceptors (Lipinski definition) is 5. The van der Waals surface area contributed by atoms with Gasteiger partial charge in [0.25, 0.3) is 11.7 Å². The normalized spacial score (nSPS) is 17.1. The number of carbonyl (C=O) groups is 2. The maximum Gasteiger partial charge on any atom is 0.300 e. The molecule has 0 spiro atoms. The number of nitriles is 1. The highest BCUT2D eigenvalue weighted by molar-refractivity contribution is 6.51. The third-order valence-corrected chi connectivity index (χ3v) is 5.36. The summed E-state index contributed by atoms with van der Waals surface area (Å²) in [6.45, 7) is 2.31. The molecule has 1 saturated heterocycles. The molecule has 164 valence electrons. The molecule has 1 aliphatic rings. The summed E-state index contributed by atoms with van der Waals surface area (Å²) in [6.07, 6.45) is 0. The lowest BCUT2D eigenvalue weighted by molar-refractivity contribution is -0.132. The van der Waals surface area contributed by atoms with Crippen molar-refractivity contribution in [1.82, 2.24) is 0 Å². The Balaban J connectivity index is 1.90. The first kappa shape index (κ1) is 21.8. The molecule has 33 heavy (non-hydrogen) atoms. The fraction of sp³-hybridized carbons (Fsp3) is 0.115. The standard InChI is InChI=1S/C26H19FN2O4/c1-2-33-19-13-9-17(10-14-19)24(30)22-23(20-5-3-4-6-21(20)27)29(26(32)25(22)31)18-11-7-16(15-28)8-12-18/h3-14,23,30H,2H2,1H3/b24-22-. The molecular formula is C26H19FN2O4. The molecule has 1 N–H and O–H groups in total. The summed E-state index contributed by atoms with van der Waals surface area (Å²) in [7, 11) is 0. The van der Waals surface area contributed by atoms with Crippen LogP contribution in [0.25, 0.3) is 5.76 Å². The summed E-state index contributed by atoms with van der Waals surface area (Å²) in [5.41, 5.74) is 0.798. The largest absolute Gasteiger partial charge is 0.507 e. The Labute approximate surface area is 189 Å². The van der Waals surface area contributed by atoms with E-state index < -0.39 is 29.3 Å². The van der Waals surface area contributed by atoms with Crippen LogP contribution in [0.3, 0.4) is 0 Å². The second-order valence-electron chi connectivity index (χ2n) is 7.31. The third-order valence-electron chi connectivity index (χ3n) is 5.36. The first-order chi connectivity index (χ1) is 16.0. The van der Waals surface area contributed by atoms with Crippen molar-refractivity contribution < 1.29 is 23.8 Å². The third kappa shape index (κ3) is 3.94. The zero-order valence-electron chi connectivity index (χ0n) is 17.7. The minimum absolute atomic E-state index is 0.0635. The molecule has 4 rings (SSSR count). The van der Waals surface area contributed by atoms with Crippen LogP contribution in [0.5, 0.6) is 5.75 Å². The number of ketones is 1. The molecule has 0 bridgehead atoms.